The molecule has 6 atom stereocenters. The van der Waals surface area contributed by atoms with Gasteiger partial charge in [-0.3, -0.25) is 19.2 Å². The van der Waals surface area contributed by atoms with Gasteiger partial charge < -0.3 is 25.8 Å². The number of ether oxygens (including phenoxy) is 1. The summed E-state index contributed by atoms with van der Waals surface area (Å²) in [4.78, 5) is 50.7. The molecule has 2 bridgehead atoms. The van der Waals surface area contributed by atoms with Crippen molar-refractivity contribution in [2.75, 3.05) is 11.5 Å². The second-order valence-electron chi connectivity index (χ2n) is 8.10. The number of carbonyl (C=O) groups excluding carboxylic acids is 4. The minimum atomic E-state index is -1.17. The fourth-order valence-corrected chi connectivity index (χ4v) is 5.52. The Labute approximate surface area is 196 Å². The molecule has 0 saturated carbocycles. The summed E-state index contributed by atoms with van der Waals surface area (Å²) < 4.78 is 5.46. The first-order chi connectivity index (χ1) is 15.2. The average Bonchev–Trinajstić information content (AvgIpc) is 2.73. The molecule has 11 heteroatoms. The second kappa shape index (κ2) is 13.1. The molecule has 4 N–H and O–H groups in total. The summed E-state index contributed by atoms with van der Waals surface area (Å²) >= 11 is 0. The summed E-state index contributed by atoms with van der Waals surface area (Å²) in [5, 5.41) is 18.9. The highest BCUT2D eigenvalue weighted by Gasteiger charge is 2.33. The van der Waals surface area contributed by atoms with E-state index < -0.39 is 54.0 Å². The van der Waals surface area contributed by atoms with Crippen molar-refractivity contribution in [3.05, 3.63) is 12.2 Å². The monoisotopic (exact) mass is 487 g/mol. The third-order valence-corrected chi connectivity index (χ3v) is 7.91. The van der Waals surface area contributed by atoms with Gasteiger partial charge in [0.2, 0.25) is 17.7 Å². The van der Waals surface area contributed by atoms with Crippen molar-refractivity contribution in [1.29, 1.82) is 0 Å². The number of nitrogens with one attached hydrogen (secondary N) is 3. The molecule has 32 heavy (non-hydrogen) atoms. The van der Waals surface area contributed by atoms with Crippen molar-refractivity contribution in [3.8, 4) is 0 Å². The third kappa shape index (κ3) is 8.32. The van der Waals surface area contributed by atoms with Gasteiger partial charge in [-0.2, -0.15) is 0 Å². The van der Waals surface area contributed by atoms with Crippen LogP contribution in [0.15, 0.2) is 12.2 Å². The summed E-state index contributed by atoms with van der Waals surface area (Å²) in [6.45, 7) is 5.33. The maximum Gasteiger partial charge on any atom is 0.309 e. The zero-order chi connectivity index (χ0) is 23.7. The number of aliphatic hydroxyl groups excluding tert-OH is 1. The van der Waals surface area contributed by atoms with E-state index in [1.807, 2.05) is 19.9 Å². The molecule has 0 aliphatic carbocycles. The van der Waals surface area contributed by atoms with Gasteiger partial charge in [0.15, 0.2) is 0 Å². The van der Waals surface area contributed by atoms with Crippen LogP contribution in [0.3, 0.4) is 0 Å². The smallest absolute Gasteiger partial charge is 0.309 e. The zero-order valence-electron chi connectivity index (χ0n) is 18.7. The average molecular weight is 488 g/mol. The lowest BCUT2D eigenvalue weighted by Gasteiger charge is -2.30. The van der Waals surface area contributed by atoms with Crippen molar-refractivity contribution in [3.63, 3.8) is 0 Å². The first-order valence-corrected chi connectivity index (χ1v) is 13.4. The van der Waals surface area contributed by atoms with Crippen LogP contribution in [0.2, 0.25) is 0 Å². The van der Waals surface area contributed by atoms with E-state index in [1.54, 1.807) is 16.9 Å². The van der Waals surface area contributed by atoms with E-state index in [1.165, 1.54) is 17.7 Å². The van der Waals surface area contributed by atoms with Crippen LogP contribution >= 0.6 is 21.6 Å². The van der Waals surface area contributed by atoms with Crippen molar-refractivity contribution in [1.82, 2.24) is 16.0 Å². The summed E-state index contributed by atoms with van der Waals surface area (Å²) in [7, 11) is 3.03. The molecule has 2 aliphatic rings. The van der Waals surface area contributed by atoms with E-state index in [2.05, 4.69) is 16.0 Å². The lowest BCUT2D eigenvalue weighted by molar-refractivity contribution is -0.151. The van der Waals surface area contributed by atoms with Crippen LogP contribution in [0.25, 0.3) is 0 Å². The second-order valence-corrected chi connectivity index (χ2v) is 10.7. The van der Waals surface area contributed by atoms with E-state index in [-0.39, 0.29) is 18.8 Å². The Morgan fingerprint density at radius 2 is 1.88 bits per heavy atom. The van der Waals surface area contributed by atoms with E-state index in [9.17, 15) is 24.3 Å². The number of carbonyl (C=O) groups is 4. The Kier molecular flexibility index (Phi) is 10.9. The van der Waals surface area contributed by atoms with Crippen molar-refractivity contribution in [2.45, 2.75) is 76.8 Å². The maximum absolute atomic E-state index is 13.1. The van der Waals surface area contributed by atoms with Crippen molar-refractivity contribution >= 4 is 45.3 Å². The molecule has 1 fully saturated rings. The quantitative estimate of drug-likeness (QED) is 0.257. The molecule has 2 heterocycles. The molecule has 2 rings (SSSR count). The molecule has 0 aromatic heterocycles. The fraction of sp³-hybridized carbons (Fsp3) is 0.714. The van der Waals surface area contributed by atoms with E-state index in [0.717, 1.165) is 5.75 Å². The van der Waals surface area contributed by atoms with Gasteiger partial charge in [-0.1, -0.05) is 47.9 Å². The van der Waals surface area contributed by atoms with Crippen LogP contribution in [0.4, 0.5) is 0 Å². The van der Waals surface area contributed by atoms with Crippen LogP contribution in [-0.4, -0.2) is 70.6 Å². The maximum atomic E-state index is 13.1. The minimum Gasteiger partial charge on any atom is -0.457 e. The summed E-state index contributed by atoms with van der Waals surface area (Å²) in [5.74, 6) is -1.09. The number of hydrogen-bond acceptors (Lipinski definition) is 8. The third-order valence-electron chi connectivity index (χ3n) is 5.47. The molecular weight excluding hydrogens is 454 g/mol. The SMILES string of the molecule is CC[C@H](C)[C@H]1NC(=O)[C@H]2CSSCC/C=C/[C@H](CC(=O)N[C@H](C)C(=O)N2)OC(=O)C[C@@H]1O. The van der Waals surface area contributed by atoms with Gasteiger partial charge in [0.05, 0.1) is 25.0 Å². The van der Waals surface area contributed by atoms with E-state index in [0.29, 0.717) is 18.6 Å². The zero-order valence-corrected chi connectivity index (χ0v) is 20.3. The van der Waals surface area contributed by atoms with Gasteiger partial charge in [0.25, 0.3) is 0 Å². The molecule has 180 valence electrons. The number of hydrogen-bond donors (Lipinski definition) is 4. The predicted octanol–water partition coefficient (Wildman–Crippen LogP) is 0.915. The molecular formula is C21H33N3O6S2. The Morgan fingerprint density at radius 3 is 2.59 bits per heavy atom. The van der Waals surface area contributed by atoms with Gasteiger partial charge in [-0.05, 0) is 25.3 Å². The predicted molar refractivity (Wildman–Crippen MR) is 125 cm³/mol. The van der Waals surface area contributed by atoms with Gasteiger partial charge in [-0.25, -0.2) is 0 Å². The molecule has 0 spiro atoms. The fourth-order valence-electron chi connectivity index (χ4n) is 3.37. The number of aliphatic hydroxyl groups is 1. The topological polar surface area (TPSA) is 134 Å². The van der Waals surface area contributed by atoms with Gasteiger partial charge in [0.1, 0.15) is 18.2 Å². The highest BCUT2D eigenvalue weighted by atomic mass is 33.1. The Morgan fingerprint density at radius 1 is 1.12 bits per heavy atom. The summed E-state index contributed by atoms with van der Waals surface area (Å²) in [6.07, 6.45) is 2.41. The molecule has 3 amide bonds. The Hall–Kier alpha value is -1.72. The molecule has 0 aromatic rings. The number of esters is 1. The molecule has 0 radical (unpaired) electrons. The van der Waals surface area contributed by atoms with Crippen molar-refractivity contribution < 1.29 is 29.0 Å². The van der Waals surface area contributed by atoms with E-state index >= 15 is 0 Å². The number of amides is 3. The molecule has 1 saturated heterocycles. The Balaban J connectivity index is 2.43. The van der Waals surface area contributed by atoms with Crippen LogP contribution < -0.4 is 16.0 Å². The minimum absolute atomic E-state index is 0.118. The van der Waals surface area contributed by atoms with Crippen molar-refractivity contribution in [2.24, 2.45) is 5.92 Å². The van der Waals surface area contributed by atoms with Crippen LogP contribution in [0, 0.1) is 5.92 Å². The number of allylic oxidation sites excluding steroid dienone is 1. The normalized spacial score (nSPS) is 33.3. The number of rotatable bonds is 2. The summed E-state index contributed by atoms with van der Waals surface area (Å²) in [5.41, 5.74) is 0. The van der Waals surface area contributed by atoms with Gasteiger partial charge >= 0.3 is 5.97 Å². The number of fused-ring (bicyclic) bond motifs is 7. The first-order valence-electron chi connectivity index (χ1n) is 10.9. The molecule has 0 unspecified atom stereocenters. The lowest BCUT2D eigenvalue weighted by Crippen LogP contribution is -2.57. The van der Waals surface area contributed by atoms with Gasteiger partial charge in [-0.15, -0.1) is 0 Å². The highest BCUT2D eigenvalue weighted by Crippen LogP contribution is 2.24. The first kappa shape index (κ1) is 26.5. The van der Waals surface area contributed by atoms with E-state index in [4.69, 9.17) is 4.74 Å². The standard InChI is InChI=1S/C21H33N3O6S2/c1-4-12(2)19-16(25)10-18(27)30-14-7-5-6-8-31-32-11-15(21(29)24-19)23-20(28)13(3)22-17(26)9-14/h5,7,12-16,19,25H,4,6,8-11H2,1-3H3,(H,22,26)(H,23,28)(H,24,29)/b7-5+/t12-,13+,14+,15+,16-,19+/m0/s1. The van der Waals surface area contributed by atoms with Crippen LogP contribution in [-0.2, 0) is 23.9 Å². The lowest BCUT2D eigenvalue weighted by atomic mass is 9.92. The largest absolute Gasteiger partial charge is 0.457 e. The van der Waals surface area contributed by atoms with Crippen LogP contribution in [0.5, 0.6) is 0 Å². The van der Waals surface area contributed by atoms with Gasteiger partial charge in [0, 0.05) is 11.5 Å². The highest BCUT2D eigenvalue weighted by molar-refractivity contribution is 8.76. The molecule has 0 aromatic carbocycles. The molecule has 9 nitrogen and oxygen atoms in total. The summed E-state index contributed by atoms with van der Waals surface area (Å²) in [6, 6.07) is -2.42. The van der Waals surface area contributed by atoms with Crippen LogP contribution in [0.1, 0.15) is 46.5 Å². The Bertz CT molecular complexity index is 720. The molecule has 2 aliphatic heterocycles.